The highest BCUT2D eigenvalue weighted by atomic mass is 32.1. The molecule has 1 aromatic carbocycles. The first-order chi connectivity index (χ1) is 13.6. The zero-order chi connectivity index (χ0) is 19.3. The van der Waals surface area contributed by atoms with Crippen LogP contribution >= 0.6 is 11.3 Å². The Morgan fingerprint density at radius 1 is 1.18 bits per heavy atom. The standard InChI is InChI=1S/C19H15N7OS/c1-10-7-8-20-18-23-16(25-26(10)18)17(27)24-19-22-14(9-28-19)15-11(2)21-13-6-4-3-5-12(13)15/h3-9,21H,1-2H3,(H,22,24,27). The minimum atomic E-state index is -0.415. The summed E-state index contributed by atoms with van der Waals surface area (Å²) in [7, 11) is 0. The lowest BCUT2D eigenvalue weighted by atomic mass is 10.1. The number of hydrogen-bond donors (Lipinski definition) is 2. The predicted molar refractivity (Wildman–Crippen MR) is 108 cm³/mol. The highest BCUT2D eigenvalue weighted by molar-refractivity contribution is 7.14. The normalized spacial score (nSPS) is 11.4. The van der Waals surface area contributed by atoms with Crippen LogP contribution in [0.2, 0.25) is 0 Å². The maximum atomic E-state index is 12.6. The molecule has 2 N–H and O–H groups in total. The molecule has 0 atom stereocenters. The molecule has 5 rings (SSSR count). The SMILES string of the molecule is Cc1[nH]c2ccccc2c1-c1csc(NC(=O)c2nc3nccc(C)n3n2)n1. The molecular formula is C19H15N7OS. The molecule has 9 heteroatoms. The van der Waals surface area contributed by atoms with Gasteiger partial charge in [0.25, 0.3) is 11.7 Å². The maximum absolute atomic E-state index is 12.6. The number of thiazole rings is 1. The van der Waals surface area contributed by atoms with E-state index in [0.29, 0.717) is 10.9 Å². The molecule has 0 saturated carbocycles. The Labute approximate surface area is 163 Å². The zero-order valence-corrected chi connectivity index (χ0v) is 15.9. The molecule has 0 aliphatic heterocycles. The molecule has 0 unspecified atom stereocenters. The Kier molecular flexibility index (Phi) is 3.69. The van der Waals surface area contributed by atoms with Gasteiger partial charge in [-0.05, 0) is 26.0 Å². The molecule has 138 valence electrons. The fourth-order valence-electron chi connectivity index (χ4n) is 3.21. The molecule has 0 aliphatic carbocycles. The number of anilines is 1. The second-order valence-corrected chi connectivity index (χ2v) is 7.25. The number of para-hydroxylation sites is 1. The van der Waals surface area contributed by atoms with Crippen molar-refractivity contribution in [2.24, 2.45) is 0 Å². The molecule has 0 fully saturated rings. The van der Waals surface area contributed by atoms with Gasteiger partial charge in [0, 0.05) is 39.4 Å². The highest BCUT2D eigenvalue weighted by Crippen LogP contribution is 2.33. The van der Waals surface area contributed by atoms with Crippen molar-refractivity contribution in [3.8, 4) is 11.3 Å². The summed E-state index contributed by atoms with van der Waals surface area (Å²) >= 11 is 1.36. The topological polar surface area (TPSA) is 101 Å². The number of rotatable bonds is 3. The number of aromatic amines is 1. The van der Waals surface area contributed by atoms with Gasteiger partial charge in [-0.2, -0.15) is 4.98 Å². The van der Waals surface area contributed by atoms with Gasteiger partial charge < -0.3 is 4.98 Å². The summed E-state index contributed by atoms with van der Waals surface area (Å²) in [6, 6.07) is 9.89. The summed E-state index contributed by atoms with van der Waals surface area (Å²) in [5.41, 5.74) is 4.80. The summed E-state index contributed by atoms with van der Waals surface area (Å²) in [5.74, 6) is 0.0302. The molecule has 4 heterocycles. The van der Waals surface area contributed by atoms with Gasteiger partial charge in [-0.3, -0.25) is 10.1 Å². The lowest BCUT2D eigenvalue weighted by molar-refractivity contribution is 0.101. The number of amides is 1. The van der Waals surface area contributed by atoms with Crippen molar-refractivity contribution < 1.29 is 4.79 Å². The largest absolute Gasteiger partial charge is 0.358 e. The van der Waals surface area contributed by atoms with Crippen molar-refractivity contribution >= 4 is 39.1 Å². The van der Waals surface area contributed by atoms with Crippen LogP contribution < -0.4 is 5.32 Å². The maximum Gasteiger partial charge on any atom is 0.297 e. The van der Waals surface area contributed by atoms with Gasteiger partial charge >= 0.3 is 0 Å². The smallest absolute Gasteiger partial charge is 0.297 e. The number of nitrogens with zero attached hydrogens (tertiary/aromatic N) is 5. The van der Waals surface area contributed by atoms with Gasteiger partial charge in [-0.25, -0.2) is 14.5 Å². The first kappa shape index (κ1) is 16.6. The van der Waals surface area contributed by atoms with Crippen molar-refractivity contribution in [3.05, 3.63) is 59.1 Å². The lowest BCUT2D eigenvalue weighted by Gasteiger charge is -1.98. The van der Waals surface area contributed by atoms with Crippen LogP contribution in [-0.2, 0) is 0 Å². The number of carbonyl (C=O) groups excluding carboxylic acids is 1. The average molecular weight is 389 g/mol. The summed E-state index contributed by atoms with van der Waals surface area (Å²) < 4.78 is 1.54. The van der Waals surface area contributed by atoms with E-state index in [-0.39, 0.29) is 5.82 Å². The van der Waals surface area contributed by atoms with Crippen LogP contribution in [0.3, 0.4) is 0 Å². The van der Waals surface area contributed by atoms with Crippen molar-refractivity contribution in [1.82, 2.24) is 29.5 Å². The first-order valence-corrected chi connectivity index (χ1v) is 9.51. The molecule has 0 radical (unpaired) electrons. The number of carbonyl (C=O) groups is 1. The van der Waals surface area contributed by atoms with E-state index in [0.717, 1.165) is 33.5 Å². The molecule has 5 aromatic rings. The van der Waals surface area contributed by atoms with E-state index in [1.54, 1.807) is 12.3 Å². The van der Waals surface area contributed by atoms with Crippen LogP contribution in [0.25, 0.3) is 27.9 Å². The van der Waals surface area contributed by atoms with Gasteiger partial charge in [0.2, 0.25) is 5.82 Å². The third-order valence-electron chi connectivity index (χ3n) is 4.51. The fraction of sp³-hybridized carbons (Fsp3) is 0.105. The molecule has 0 saturated heterocycles. The van der Waals surface area contributed by atoms with Crippen molar-refractivity contribution in [3.63, 3.8) is 0 Å². The summed E-state index contributed by atoms with van der Waals surface area (Å²) in [6.45, 7) is 3.89. The van der Waals surface area contributed by atoms with E-state index < -0.39 is 5.91 Å². The summed E-state index contributed by atoms with van der Waals surface area (Å²) in [6.07, 6.45) is 1.64. The molecule has 0 spiro atoms. The first-order valence-electron chi connectivity index (χ1n) is 8.63. The van der Waals surface area contributed by atoms with Gasteiger partial charge in [0.15, 0.2) is 5.13 Å². The van der Waals surface area contributed by atoms with Crippen LogP contribution in [0, 0.1) is 13.8 Å². The van der Waals surface area contributed by atoms with Crippen molar-refractivity contribution in [2.45, 2.75) is 13.8 Å². The number of fused-ring (bicyclic) bond motifs is 2. The van der Waals surface area contributed by atoms with Crippen LogP contribution in [-0.4, -0.2) is 35.5 Å². The summed E-state index contributed by atoms with van der Waals surface area (Å²) in [4.78, 5) is 28.8. The van der Waals surface area contributed by atoms with E-state index in [9.17, 15) is 4.79 Å². The molecule has 0 aliphatic rings. The lowest BCUT2D eigenvalue weighted by Crippen LogP contribution is -2.13. The second kappa shape index (κ2) is 6.24. The van der Waals surface area contributed by atoms with Gasteiger partial charge in [0.05, 0.1) is 5.69 Å². The Morgan fingerprint density at radius 2 is 2.04 bits per heavy atom. The number of H-pyrrole nitrogens is 1. The Morgan fingerprint density at radius 3 is 2.89 bits per heavy atom. The van der Waals surface area contributed by atoms with E-state index in [1.165, 1.54) is 15.9 Å². The van der Waals surface area contributed by atoms with E-state index in [2.05, 4.69) is 36.4 Å². The van der Waals surface area contributed by atoms with Gasteiger partial charge in [-0.1, -0.05) is 18.2 Å². The fourth-order valence-corrected chi connectivity index (χ4v) is 3.90. The van der Waals surface area contributed by atoms with E-state index in [4.69, 9.17) is 0 Å². The molecular weight excluding hydrogens is 374 g/mol. The van der Waals surface area contributed by atoms with Crippen LogP contribution in [0.5, 0.6) is 0 Å². The molecule has 4 aromatic heterocycles. The number of hydrogen-bond acceptors (Lipinski definition) is 6. The van der Waals surface area contributed by atoms with E-state index >= 15 is 0 Å². The number of aromatic nitrogens is 6. The van der Waals surface area contributed by atoms with Crippen LogP contribution in [0.1, 0.15) is 22.0 Å². The third kappa shape index (κ3) is 2.64. The summed E-state index contributed by atoms with van der Waals surface area (Å²) in [5, 5.41) is 10.5. The average Bonchev–Trinajstić information content (AvgIpc) is 3.38. The highest BCUT2D eigenvalue weighted by Gasteiger charge is 2.18. The van der Waals surface area contributed by atoms with Crippen molar-refractivity contribution in [2.75, 3.05) is 5.32 Å². The third-order valence-corrected chi connectivity index (χ3v) is 5.27. The number of benzene rings is 1. The zero-order valence-electron chi connectivity index (χ0n) is 15.1. The quantitative estimate of drug-likeness (QED) is 0.491. The van der Waals surface area contributed by atoms with E-state index in [1.807, 2.05) is 37.4 Å². The molecule has 1 amide bonds. The van der Waals surface area contributed by atoms with Gasteiger partial charge in [0.1, 0.15) is 0 Å². The number of nitrogens with one attached hydrogen (secondary N) is 2. The minimum Gasteiger partial charge on any atom is -0.358 e. The van der Waals surface area contributed by atoms with Crippen LogP contribution in [0.15, 0.2) is 41.9 Å². The number of aryl methyl sites for hydroxylation is 2. The Hall–Kier alpha value is -3.59. The predicted octanol–water partition coefficient (Wildman–Crippen LogP) is 3.60. The molecule has 28 heavy (non-hydrogen) atoms. The van der Waals surface area contributed by atoms with Gasteiger partial charge in [-0.15, -0.1) is 16.4 Å². The molecule has 0 bridgehead atoms. The second-order valence-electron chi connectivity index (χ2n) is 6.40. The van der Waals surface area contributed by atoms with Crippen LogP contribution in [0.4, 0.5) is 5.13 Å². The Balaban J connectivity index is 1.45. The Bertz CT molecular complexity index is 1350. The van der Waals surface area contributed by atoms with Crippen molar-refractivity contribution in [1.29, 1.82) is 0 Å². The minimum absolute atomic E-state index is 0.0572. The molecule has 8 nitrogen and oxygen atoms in total. The monoisotopic (exact) mass is 389 g/mol.